The SMILES string of the molecule is CC(NCC1CCNCC1)C1CCC1. The Hall–Kier alpha value is -0.0800. The number of piperidine rings is 1. The molecule has 2 rings (SSSR count). The lowest BCUT2D eigenvalue weighted by Gasteiger charge is -2.33. The van der Waals surface area contributed by atoms with Gasteiger partial charge in [-0.05, 0) is 64.1 Å². The third-order valence-electron chi connectivity index (χ3n) is 4.04. The first-order valence-electron chi connectivity index (χ1n) is 6.30. The Bertz CT molecular complexity index is 158. The molecular formula is C12H24N2. The van der Waals surface area contributed by atoms with E-state index in [-0.39, 0.29) is 0 Å². The lowest BCUT2D eigenvalue weighted by molar-refractivity contribution is 0.227. The molecule has 1 atom stereocenters. The number of hydrogen-bond acceptors (Lipinski definition) is 2. The molecule has 2 N–H and O–H groups in total. The highest BCUT2D eigenvalue weighted by Gasteiger charge is 2.24. The van der Waals surface area contributed by atoms with E-state index in [1.165, 1.54) is 51.7 Å². The lowest BCUT2D eigenvalue weighted by atomic mass is 9.80. The second-order valence-corrected chi connectivity index (χ2v) is 5.08. The smallest absolute Gasteiger partial charge is 0.00671 e. The zero-order chi connectivity index (χ0) is 9.80. The fourth-order valence-corrected chi connectivity index (χ4v) is 2.54. The van der Waals surface area contributed by atoms with Crippen molar-refractivity contribution in [1.29, 1.82) is 0 Å². The standard InChI is InChI=1S/C12H24N2/c1-10(12-3-2-4-12)14-9-11-5-7-13-8-6-11/h10-14H,2-9H2,1H3. The van der Waals surface area contributed by atoms with Crippen molar-refractivity contribution in [2.24, 2.45) is 11.8 Å². The summed E-state index contributed by atoms with van der Waals surface area (Å²) in [6.45, 7) is 6.07. The first-order chi connectivity index (χ1) is 6.86. The molecule has 1 saturated heterocycles. The van der Waals surface area contributed by atoms with Gasteiger partial charge in [0.15, 0.2) is 0 Å². The summed E-state index contributed by atoms with van der Waals surface area (Å²) in [5, 5.41) is 7.15. The molecule has 0 amide bonds. The molecule has 2 aliphatic rings. The van der Waals surface area contributed by atoms with Crippen LogP contribution in [-0.2, 0) is 0 Å². The molecule has 2 nitrogen and oxygen atoms in total. The van der Waals surface area contributed by atoms with Crippen LogP contribution in [0.15, 0.2) is 0 Å². The quantitative estimate of drug-likeness (QED) is 0.716. The number of rotatable bonds is 4. The van der Waals surface area contributed by atoms with Gasteiger partial charge in [-0.3, -0.25) is 0 Å². The van der Waals surface area contributed by atoms with E-state index < -0.39 is 0 Å². The average molecular weight is 196 g/mol. The Balaban J connectivity index is 1.60. The summed E-state index contributed by atoms with van der Waals surface area (Å²) >= 11 is 0. The fourth-order valence-electron chi connectivity index (χ4n) is 2.54. The van der Waals surface area contributed by atoms with Crippen LogP contribution in [0.25, 0.3) is 0 Å². The summed E-state index contributed by atoms with van der Waals surface area (Å²) in [4.78, 5) is 0. The predicted octanol–water partition coefficient (Wildman–Crippen LogP) is 1.76. The highest BCUT2D eigenvalue weighted by molar-refractivity contribution is 4.81. The van der Waals surface area contributed by atoms with Crippen LogP contribution in [0.3, 0.4) is 0 Å². The minimum absolute atomic E-state index is 0.763. The Morgan fingerprint density at radius 2 is 1.93 bits per heavy atom. The lowest BCUT2D eigenvalue weighted by Crippen LogP contribution is -2.41. The van der Waals surface area contributed by atoms with E-state index in [4.69, 9.17) is 0 Å². The predicted molar refractivity (Wildman–Crippen MR) is 60.4 cm³/mol. The molecule has 1 heterocycles. The Kier molecular flexibility index (Phi) is 3.82. The maximum Gasteiger partial charge on any atom is 0.00671 e. The van der Waals surface area contributed by atoms with E-state index in [1.54, 1.807) is 0 Å². The van der Waals surface area contributed by atoms with Crippen LogP contribution in [0.4, 0.5) is 0 Å². The second-order valence-electron chi connectivity index (χ2n) is 5.08. The van der Waals surface area contributed by atoms with Crippen LogP contribution >= 0.6 is 0 Å². The molecule has 14 heavy (non-hydrogen) atoms. The first kappa shape index (κ1) is 10.4. The van der Waals surface area contributed by atoms with Gasteiger partial charge in [-0.1, -0.05) is 6.42 Å². The normalized spacial score (nSPS) is 27.2. The van der Waals surface area contributed by atoms with E-state index in [1.807, 2.05) is 0 Å². The van der Waals surface area contributed by atoms with E-state index in [2.05, 4.69) is 17.6 Å². The molecule has 82 valence electrons. The first-order valence-corrected chi connectivity index (χ1v) is 6.30. The molecule has 1 unspecified atom stereocenters. The highest BCUT2D eigenvalue weighted by atomic mass is 14.9. The second kappa shape index (κ2) is 5.13. The van der Waals surface area contributed by atoms with Crippen LogP contribution in [0.2, 0.25) is 0 Å². The summed E-state index contributed by atoms with van der Waals surface area (Å²) in [6, 6.07) is 0.763. The van der Waals surface area contributed by atoms with Crippen molar-refractivity contribution in [3.63, 3.8) is 0 Å². The molecule has 1 aliphatic heterocycles. The van der Waals surface area contributed by atoms with Crippen molar-refractivity contribution >= 4 is 0 Å². The van der Waals surface area contributed by atoms with Crippen LogP contribution in [0, 0.1) is 11.8 Å². The molecule has 1 saturated carbocycles. The molecule has 0 spiro atoms. The molecular weight excluding hydrogens is 172 g/mol. The molecule has 1 aliphatic carbocycles. The summed E-state index contributed by atoms with van der Waals surface area (Å²) in [6.07, 6.45) is 7.11. The van der Waals surface area contributed by atoms with E-state index >= 15 is 0 Å². The summed E-state index contributed by atoms with van der Waals surface area (Å²) in [5.41, 5.74) is 0. The van der Waals surface area contributed by atoms with E-state index in [0.717, 1.165) is 17.9 Å². The van der Waals surface area contributed by atoms with Crippen LogP contribution in [0.5, 0.6) is 0 Å². The van der Waals surface area contributed by atoms with Gasteiger partial charge < -0.3 is 10.6 Å². The third kappa shape index (κ3) is 2.71. The van der Waals surface area contributed by atoms with Crippen molar-refractivity contribution in [3.05, 3.63) is 0 Å². The number of nitrogens with one attached hydrogen (secondary N) is 2. The zero-order valence-corrected chi connectivity index (χ0v) is 9.39. The van der Waals surface area contributed by atoms with Crippen LogP contribution in [0.1, 0.15) is 39.0 Å². The minimum Gasteiger partial charge on any atom is -0.317 e. The average Bonchev–Trinajstić information content (AvgIpc) is 2.14. The minimum atomic E-state index is 0.763. The molecule has 2 heteroatoms. The summed E-state index contributed by atoms with van der Waals surface area (Å²) in [5.74, 6) is 1.91. The summed E-state index contributed by atoms with van der Waals surface area (Å²) in [7, 11) is 0. The Morgan fingerprint density at radius 1 is 1.21 bits per heavy atom. The van der Waals surface area contributed by atoms with Gasteiger partial charge in [0.05, 0.1) is 0 Å². The molecule has 0 aromatic heterocycles. The van der Waals surface area contributed by atoms with Gasteiger partial charge in [0.25, 0.3) is 0 Å². The maximum absolute atomic E-state index is 3.73. The Labute approximate surface area is 87.8 Å². The monoisotopic (exact) mass is 196 g/mol. The maximum atomic E-state index is 3.73. The third-order valence-corrected chi connectivity index (χ3v) is 4.04. The van der Waals surface area contributed by atoms with E-state index in [0.29, 0.717) is 0 Å². The zero-order valence-electron chi connectivity index (χ0n) is 9.39. The van der Waals surface area contributed by atoms with Gasteiger partial charge in [0, 0.05) is 6.04 Å². The van der Waals surface area contributed by atoms with Gasteiger partial charge in [-0.2, -0.15) is 0 Å². The van der Waals surface area contributed by atoms with Crippen LogP contribution < -0.4 is 10.6 Å². The van der Waals surface area contributed by atoms with Crippen molar-refractivity contribution in [2.45, 2.75) is 45.1 Å². The molecule has 0 bridgehead atoms. The highest BCUT2D eigenvalue weighted by Crippen LogP contribution is 2.29. The molecule has 2 fully saturated rings. The largest absolute Gasteiger partial charge is 0.317 e. The topological polar surface area (TPSA) is 24.1 Å². The molecule has 0 aromatic carbocycles. The fraction of sp³-hybridized carbons (Fsp3) is 1.00. The van der Waals surface area contributed by atoms with Gasteiger partial charge in [0.2, 0.25) is 0 Å². The van der Waals surface area contributed by atoms with Crippen molar-refractivity contribution < 1.29 is 0 Å². The van der Waals surface area contributed by atoms with Gasteiger partial charge in [-0.25, -0.2) is 0 Å². The molecule has 0 radical (unpaired) electrons. The van der Waals surface area contributed by atoms with Crippen molar-refractivity contribution in [2.75, 3.05) is 19.6 Å². The van der Waals surface area contributed by atoms with Crippen molar-refractivity contribution in [1.82, 2.24) is 10.6 Å². The Morgan fingerprint density at radius 3 is 2.50 bits per heavy atom. The number of hydrogen-bond donors (Lipinski definition) is 2. The van der Waals surface area contributed by atoms with Gasteiger partial charge in [0.1, 0.15) is 0 Å². The van der Waals surface area contributed by atoms with Gasteiger partial charge in [-0.15, -0.1) is 0 Å². The molecule has 0 aromatic rings. The van der Waals surface area contributed by atoms with Crippen molar-refractivity contribution in [3.8, 4) is 0 Å². The summed E-state index contributed by atoms with van der Waals surface area (Å²) < 4.78 is 0. The van der Waals surface area contributed by atoms with E-state index in [9.17, 15) is 0 Å². The van der Waals surface area contributed by atoms with Crippen LogP contribution in [-0.4, -0.2) is 25.7 Å². The van der Waals surface area contributed by atoms with Gasteiger partial charge >= 0.3 is 0 Å².